The van der Waals surface area contributed by atoms with E-state index < -0.39 is 4.92 Å². The minimum absolute atomic E-state index is 0.0502. The van der Waals surface area contributed by atoms with Crippen LogP contribution < -0.4 is 5.73 Å². The molecule has 2 aromatic rings. The molecule has 0 amide bonds. The SMILES string of the molecule is CC(C)(C)c1csc(Cc2ncnc(N)c2[N+](=O)[O-])n1. The van der Waals surface area contributed by atoms with E-state index in [0.29, 0.717) is 0 Å². The first-order valence-corrected chi connectivity index (χ1v) is 6.85. The average molecular weight is 293 g/mol. The number of aromatic nitrogens is 3. The van der Waals surface area contributed by atoms with Crippen molar-refractivity contribution >= 4 is 22.8 Å². The van der Waals surface area contributed by atoms with E-state index in [2.05, 4.69) is 35.7 Å². The lowest BCUT2D eigenvalue weighted by Crippen LogP contribution is -2.11. The molecule has 2 N–H and O–H groups in total. The summed E-state index contributed by atoms with van der Waals surface area (Å²) in [6.45, 7) is 6.20. The molecule has 0 aliphatic rings. The first-order chi connectivity index (χ1) is 9.29. The molecule has 0 saturated carbocycles. The lowest BCUT2D eigenvalue weighted by Gasteiger charge is -2.14. The molecule has 0 radical (unpaired) electrons. The Kier molecular flexibility index (Phi) is 3.67. The second-order valence-electron chi connectivity index (χ2n) is 5.36. The topological polar surface area (TPSA) is 108 Å². The summed E-state index contributed by atoms with van der Waals surface area (Å²) in [5, 5.41) is 13.8. The largest absolute Gasteiger partial charge is 0.378 e. The second-order valence-corrected chi connectivity index (χ2v) is 6.31. The molecule has 0 aliphatic carbocycles. The monoisotopic (exact) mass is 293 g/mol. The smallest absolute Gasteiger partial charge is 0.332 e. The van der Waals surface area contributed by atoms with E-state index >= 15 is 0 Å². The Morgan fingerprint density at radius 1 is 1.40 bits per heavy atom. The summed E-state index contributed by atoms with van der Waals surface area (Å²) < 4.78 is 0. The highest BCUT2D eigenvalue weighted by Crippen LogP contribution is 2.28. The van der Waals surface area contributed by atoms with Crippen molar-refractivity contribution in [3.05, 3.63) is 38.2 Å². The lowest BCUT2D eigenvalue weighted by molar-refractivity contribution is -0.385. The number of thiazole rings is 1. The minimum Gasteiger partial charge on any atom is -0.378 e. The van der Waals surface area contributed by atoms with Gasteiger partial charge in [-0.2, -0.15) is 0 Å². The van der Waals surface area contributed by atoms with Crippen molar-refractivity contribution in [2.24, 2.45) is 0 Å². The van der Waals surface area contributed by atoms with Gasteiger partial charge >= 0.3 is 5.69 Å². The molecular formula is C12H15N5O2S. The third-order valence-electron chi connectivity index (χ3n) is 2.75. The van der Waals surface area contributed by atoms with Gasteiger partial charge in [0.2, 0.25) is 5.82 Å². The standard InChI is InChI=1S/C12H15N5O2S/c1-12(2,3)8-5-20-9(16-8)4-7-10(17(18)19)11(13)15-6-14-7/h5-6H,4H2,1-3H3,(H2,13,14,15). The van der Waals surface area contributed by atoms with Crippen molar-refractivity contribution in [1.29, 1.82) is 0 Å². The van der Waals surface area contributed by atoms with Crippen LogP contribution in [0.3, 0.4) is 0 Å². The Balaban J connectivity index is 2.34. The summed E-state index contributed by atoms with van der Waals surface area (Å²) in [7, 11) is 0. The highest BCUT2D eigenvalue weighted by atomic mass is 32.1. The third kappa shape index (κ3) is 2.90. The molecule has 0 aromatic carbocycles. The van der Waals surface area contributed by atoms with Gasteiger partial charge in [-0.3, -0.25) is 10.1 Å². The van der Waals surface area contributed by atoms with Gasteiger partial charge in [0.25, 0.3) is 0 Å². The maximum atomic E-state index is 11.0. The summed E-state index contributed by atoms with van der Waals surface area (Å²) in [6, 6.07) is 0. The van der Waals surface area contributed by atoms with Gasteiger partial charge in [-0.15, -0.1) is 11.3 Å². The van der Waals surface area contributed by atoms with Gasteiger partial charge in [0.1, 0.15) is 12.0 Å². The van der Waals surface area contributed by atoms with Crippen LogP contribution in [0.1, 0.15) is 37.2 Å². The van der Waals surface area contributed by atoms with Gasteiger partial charge < -0.3 is 5.73 Å². The van der Waals surface area contributed by atoms with Crippen LogP contribution in [-0.2, 0) is 11.8 Å². The molecule has 2 rings (SSSR count). The molecule has 2 heterocycles. The molecule has 0 atom stereocenters. The number of hydrogen-bond acceptors (Lipinski definition) is 7. The molecule has 8 heteroatoms. The Hall–Kier alpha value is -2.09. The molecule has 20 heavy (non-hydrogen) atoms. The first kappa shape index (κ1) is 14.3. The fourth-order valence-electron chi connectivity index (χ4n) is 1.64. The van der Waals surface area contributed by atoms with Gasteiger partial charge in [0.15, 0.2) is 0 Å². The zero-order valence-electron chi connectivity index (χ0n) is 11.5. The van der Waals surface area contributed by atoms with Crippen LogP contribution in [-0.4, -0.2) is 19.9 Å². The Bertz CT molecular complexity index is 648. The average Bonchev–Trinajstić information content (AvgIpc) is 2.76. The third-order valence-corrected chi connectivity index (χ3v) is 3.60. The number of nitro groups is 1. The number of hydrogen-bond donors (Lipinski definition) is 1. The molecule has 7 nitrogen and oxygen atoms in total. The maximum absolute atomic E-state index is 11.0. The molecule has 0 unspecified atom stereocenters. The summed E-state index contributed by atoms with van der Waals surface area (Å²) in [6.07, 6.45) is 1.51. The predicted octanol–water partition coefficient (Wildman–Crippen LogP) is 2.31. The van der Waals surface area contributed by atoms with Crippen molar-refractivity contribution in [2.75, 3.05) is 5.73 Å². The number of nitrogens with two attached hydrogens (primary N) is 1. The van der Waals surface area contributed by atoms with Gasteiger partial charge in [0.05, 0.1) is 15.6 Å². The zero-order valence-corrected chi connectivity index (χ0v) is 12.3. The van der Waals surface area contributed by atoms with E-state index in [-0.39, 0.29) is 29.0 Å². The number of nitrogen functional groups attached to an aromatic ring is 1. The summed E-state index contributed by atoms with van der Waals surface area (Å²) in [4.78, 5) is 22.6. The van der Waals surface area contributed by atoms with Crippen molar-refractivity contribution in [1.82, 2.24) is 15.0 Å². The summed E-state index contributed by atoms with van der Waals surface area (Å²) in [5.74, 6) is -0.118. The molecular weight excluding hydrogens is 278 g/mol. The maximum Gasteiger partial charge on any atom is 0.332 e. The predicted molar refractivity (Wildman–Crippen MR) is 76.7 cm³/mol. The molecule has 0 aliphatic heterocycles. The van der Waals surface area contributed by atoms with E-state index in [1.54, 1.807) is 0 Å². The van der Waals surface area contributed by atoms with Crippen LogP contribution in [0, 0.1) is 10.1 Å². The van der Waals surface area contributed by atoms with Crippen LogP contribution in [0.2, 0.25) is 0 Å². The van der Waals surface area contributed by atoms with Gasteiger partial charge in [-0.05, 0) is 0 Å². The van der Waals surface area contributed by atoms with E-state index in [4.69, 9.17) is 5.73 Å². The lowest BCUT2D eigenvalue weighted by atomic mass is 9.93. The van der Waals surface area contributed by atoms with Crippen LogP contribution in [0.4, 0.5) is 11.5 Å². The van der Waals surface area contributed by atoms with Crippen LogP contribution in [0.5, 0.6) is 0 Å². The minimum atomic E-state index is -0.553. The Labute approximate surface area is 120 Å². The van der Waals surface area contributed by atoms with Crippen molar-refractivity contribution < 1.29 is 4.92 Å². The van der Waals surface area contributed by atoms with Crippen LogP contribution >= 0.6 is 11.3 Å². The second kappa shape index (κ2) is 5.12. The molecule has 2 aromatic heterocycles. The number of nitrogens with zero attached hydrogens (tertiary/aromatic N) is 4. The Morgan fingerprint density at radius 2 is 2.10 bits per heavy atom. The fraction of sp³-hybridized carbons (Fsp3) is 0.417. The van der Waals surface area contributed by atoms with Gasteiger partial charge in [-0.25, -0.2) is 15.0 Å². The van der Waals surface area contributed by atoms with E-state index in [1.165, 1.54) is 17.7 Å². The molecule has 0 spiro atoms. The first-order valence-electron chi connectivity index (χ1n) is 5.97. The van der Waals surface area contributed by atoms with Crippen molar-refractivity contribution in [3.63, 3.8) is 0 Å². The van der Waals surface area contributed by atoms with Gasteiger partial charge in [0, 0.05) is 17.2 Å². The summed E-state index contributed by atoms with van der Waals surface area (Å²) in [5.41, 5.74) is 6.50. The number of anilines is 1. The summed E-state index contributed by atoms with van der Waals surface area (Å²) >= 11 is 1.46. The molecule has 106 valence electrons. The highest BCUT2D eigenvalue weighted by molar-refractivity contribution is 7.09. The molecule has 0 saturated heterocycles. The van der Waals surface area contributed by atoms with E-state index in [9.17, 15) is 10.1 Å². The highest BCUT2D eigenvalue weighted by Gasteiger charge is 2.23. The fourth-order valence-corrected chi connectivity index (χ4v) is 2.66. The van der Waals surface area contributed by atoms with Crippen molar-refractivity contribution in [2.45, 2.75) is 32.6 Å². The number of rotatable bonds is 3. The van der Waals surface area contributed by atoms with Crippen LogP contribution in [0.15, 0.2) is 11.7 Å². The normalized spacial score (nSPS) is 11.6. The molecule has 0 bridgehead atoms. The van der Waals surface area contributed by atoms with E-state index in [1.807, 2.05) is 5.38 Å². The van der Waals surface area contributed by atoms with Crippen molar-refractivity contribution in [3.8, 4) is 0 Å². The quantitative estimate of drug-likeness (QED) is 0.687. The van der Waals surface area contributed by atoms with Crippen LogP contribution in [0.25, 0.3) is 0 Å². The molecule has 0 fully saturated rings. The zero-order chi connectivity index (χ0) is 14.9. The van der Waals surface area contributed by atoms with E-state index in [0.717, 1.165) is 10.7 Å². The Morgan fingerprint density at radius 3 is 2.65 bits per heavy atom. The van der Waals surface area contributed by atoms with Gasteiger partial charge in [-0.1, -0.05) is 20.8 Å².